The lowest BCUT2D eigenvalue weighted by Crippen LogP contribution is -2.14. The Hall–Kier alpha value is -1.26. The summed E-state index contributed by atoms with van der Waals surface area (Å²) in [7, 11) is 0. The second-order valence-electron chi connectivity index (χ2n) is 4.19. The van der Waals surface area contributed by atoms with Gasteiger partial charge in [-0.1, -0.05) is 19.1 Å². The van der Waals surface area contributed by atoms with Gasteiger partial charge in [-0.15, -0.1) is 11.3 Å². The molecule has 18 heavy (non-hydrogen) atoms. The first kappa shape index (κ1) is 13.2. The molecule has 0 saturated carbocycles. The van der Waals surface area contributed by atoms with Gasteiger partial charge in [0, 0.05) is 10.9 Å². The molecule has 0 aliphatic rings. The predicted molar refractivity (Wildman–Crippen MR) is 70.7 cm³/mol. The summed E-state index contributed by atoms with van der Waals surface area (Å²) in [6.07, 6.45) is 1.22. The van der Waals surface area contributed by atoms with Crippen molar-refractivity contribution in [1.29, 1.82) is 0 Å². The van der Waals surface area contributed by atoms with Crippen LogP contribution >= 0.6 is 11.3 Å². The molecule has 1 heterocycles. The van der Waals surface area contributed by atoms with Gasteiger partial charge in [-0.3, -0.25) is 0 Å². The second kappa shape index (κ2) is 5.59. The van der Waals surface area contributed by atoms with Gasteiger partial charge in [-0.25, -0.2) is 8.78 Å². The Morgan fingerprint density at radius 1 is 1.22 bits per heavy atom. The smallest absolute Gasteiger partial charge is 0.162 e. The van der Waals surface area contributed by atoms with Crippen molar-refractivity contribution in [3.05, 3.63) is 57.3 Å². The summed E-state index contributed by atoms with van der Waals surface area (Å²) < 4.78 is 26.7. The normalized spacial score (nSPS) is 12.7. The van der Waals surface area contributed by atoms with Crippen LogP contribution in [0.3, 0.4) is 0 Å². The van der Waals surface area contributed by atoms with Gasteiger partial charge >= 0.3 is 0 Å². The number of aryl methyl sites for hydroxylation is 1. The molecule has 0 amide bonds. The zero-order valence-electron chi connectivity index (χ0n) is 10.1. The molecule has 4 heteroatoms. The molecule has 0 saturated heterocycles. The Morgan fingerprint density at radius 3 is 2.72 bits per heavy atom. The maximum atomic E-state index is 13.6. The molecule has 1 aromatic carbocycles. The molecule has 2 aromatic rings. The summed E-state index contributed by atoms with van der Waals surface area (Å²) in [6, 6.07) is 5.96. The van der Waals surface area contributed by atoms with E-state index in [0.29, 0.717) is 12.0 Å². The second-order valence-corrected chi connectivity index (χ2v) is 5.13. The van der Waals surface area contributed by atoms with Crippen LogP contribution in [0.15, 0.2) is 29.6 Å². The standard InChI is InChI=1S/C14H15F2NS/c1-2-9-6-7-18-14(9)12(17)8-10-4-3-5-11(15)13(10)16/h3-7,12H,2,8,17H2,1H3. The van der Waals surface area contributed by atoms with Crippen molar-refractivity contribution in [2.24, 2.45) is 5.73 Å². The minimum Gasteiger partial charge on any atom is -0.323 e. The van der Waals surface area contributed by atoms with Crippen LogP contribution < -0.4 is 5.73 Å². The fraction of sp³-hybridized carbons (Fsp3) is 0.286. The number of nitrogens with two attached hydrogens (primary N) is 1. The Bertz CT molecular complexity index is 536. The van der Waals surface area contributed by atoms with Crippen LogP contribution in [0.1, 0.15) is 29.0 Å². The Kier molecular flexibility index (Phi) is 4.09. The zero-order chi connectivity index (χ0) is 13.1. The van der Waals surface area contributed by atoms with Crippen LogP contribution in [0.2, 0.25) is 0 Å². The zero-order valence-corrected chi connectivity index (χ0v) is 10.9. The largest absolute Gasteiger partial charge is 0.323 e. The summed E-state index contributed by atoms with van der Waals surface area (Å²) in [6.45, 7) is 2.06. The molecule has 2 rings (SSSR count). The van der Waals surface area contributed by atoms with Gasteiger partial charge in [-0.2, -0.15) is 0 Å². The summed E-state index contributed by atoms with van der Waals surface area (Å²) in [5.41, 5.74) is 7.60. The average Bonchev–Trinajstić information content (AvgIpc) is 2.83. The lowest BCUT2D eigenvalue weighted by molar-refractivity contribution is 0.494. The summed E-state index contributed by atoms with van der Waals surface area (Å²) in [5, 5.41) is 1.98. The van der Waals surface area contributed by atoms with E-state index in [-0.39, 0.29) is 6.04 Å². The molecule has 1 nitrogen and oxygen atoms in total. The van der Waals surface area contributed by atoms with Crippen molar-refractivity contribution in [2.45, 2.75) is 25.8 Å². The lowest BCUT2D eigenvalue weighted by atomic mass is 10.0. The maximum absolute atomic E-state index is 13.6. The molecule has 1 atom stereocenters. The molecule has 0 radical (unpaired) electrons. The molecule has 96 valence electrons. The molecule has 0 aliphatic carbocycles. The molecule has 0 aliphatic heterocycles. The van der Waals surface area contributed by atoms with E-state index in [9.17, 15) is 8.78 Å². The van der Waals surface area contributed by atoms with Gasteiger partial charge < -0.3 is 5.73 Å². The SMILES string of the molecule is CCc1ccsc1C(N)Cc1cccc(F)c1F. The summed E-state index contributed by atoms with van der Waals surface area (Å²) in [4.78, 5) is 1.06. The van der Waals surface area contributed by atoms with Crippen LogP contribution in [-0.4, -0.2) is 0 Å². The highest BCUT2D eigenvalue weighted by Crippen LogP contribution is 2.27. The number of rotatable bonds is 4. The van der Waals surface area contributed by atoms with Crippen LogP contribution in [0.5, 0.6) is 0 Å². The van der Waals surface area contributed by atoms with Gasteiger partial charge in [0.15, 0.2) is 11.6 Å². The van der Waals surface area contributed by atoms with Crippen molar-refractivity contribution in [3.8, 4) is 0 Å². The Balaban J connectivity index is 2.21. The molecule has 0 bridgehead atoms. The van der Waals surface area contributed by atoms with E-state index in [4.69, 9.17) is 5.73 Å². The Labute approximate surface area is 109 Å². The number of halogens is 2. The predicted octanol–water partition coefficient (Wildman–Crippen LogP) is 3.83. The van der Waals surface area contributed by atoms with Gasteiger partial charge in [0.2, 0.25) is 0 Å². The quantitative estimate of drug-likeness (QED) is 0.895. The van der Waals surface area contributed by atoms with Crippen LogP contribution in [0.25, 0.3) is 0 Å². The molecule has 1 aromatic heterocycles. The minimum absolute atomic E-state index is 0.281. The number of hydrogen-bond donors (Lipinski definition) is 1. The Morgan fingerprint density at radius 2 is 2.00 bits per heavy atom. The van der Waals surface area contributed by atoms with Gasteiger partial charge in [-0.05, 0) is 41.5 Å². The molecule has 2 N–H and O–H groups in total. The molecule has 0 spiro atoms. The van der Waals surface area contributed by atoms with E-state index in [2.05, 4.69) is 6.92 Å². The highest BCUT2D eigenvalue weighted by Gasteiger charge is 2.16. The lowest BCUT2D eigenvalue weighted by Gasteiger charge is -2.13. The van der Waals surface area contributed by atoms with E-state index >= 15 is 0 Å². The van der Waals surface area contributed by atoms with E-state index in [0.717, 1.165) is 17.4 Å². The highest BCUT2D eigenvalue weighted by molar-refractivity contribution is 7.10. The van der Waals surface area contributed by atoms with Gasteiger partial charge in [0.25, 0.3) is 0 Å². The van der Waals surface area contributed by atoms with Gasteiger partial charge in [0.05, 0.1) is 0 Å². The van der Waals surface area contributed by atoms with Crippen LogP contribution in [0.4, 0.5) is 8.78 Å². The van der Waals surface area contributed by atoms with Crippen LogP contribution in [0, 0.1) is 11.6 Å². The van der Waals surface area contributed by atoms with Crippen molar-refractivity contribution < 1.29 is 8.78 Å². The van der Waals surface area contributed by atoms with Gasteiger partial charge in [0.1, 0.15) is 0 Å². The van der Waals surface area contributed by atoms with E-state index < -0.39 is 11.6 Å². The van der Waals surface area contributed by atoms with E-state index in [1.807, 2.05) is 11.4 Å². The molecular formula is C14H15F2NS. The van der Waals surface area contributed by atoms with E-state index in [1.165, 1.54) is 11.6 Å². The summed E-state index contributed by atoms with van der Waals surface area (Å²) >= 11 is 1.57. The van der Waals surface area contributed by atoms with Crippen molar-refractivity contribution in [3.63, 3.8) is 0 Å². The number of thiophene rings is 1. The highest BCUT2D eigenvalue weighted by atomic mass is 32.1. The fourth-order valence-electron chi connectivity index (χ4n) is 2.00. The average molecular weight is 267 g/mol. The number of hydrogen-bond acceptors (Lipinski definition) is 2. The number of benzene rings is 1. The maximum Gasteiger partial charge on any atom is 0.162 e. The molecular weight excluding hydrogens is 252 g/mol. The van der Waals surface area contributed by atoms with Crippen molar-refractivity contribution in [1.82, 2.24) is 0 Å². The third-order valence-electron chi connectivity index (χ3n) is 2.97. The minimum atomic E-state index is -0.818. The van der Waals surface area contributed by atoms with Crippen molar-refractivity contribution >= 4 is 11.3 Å². The van der Waals surface area contributed by atoms with E-state index in [1.54, 1.807) is 17.4 Å². The summed E-state index contributed by atoms with van der Waals surface area (Å²) in [5.74, 6) is -1.61. The first-order valence-electron chi connectivity index (χ1n) is 5.88. The topological polar surface area (TPSA) is 26.0 Å². The first-order valence-corrected chi connectivity index (χ1v) is 6.76. The third-order valence-corrected chi connectivity index (χ3v) is 4.06. The monoisotopic (exact) mass is 267 g/mol. The fourth-order valence-corrected chi connectivity index (χ4v) is 3.00. The molecule has 1 unspecified atom stereocenters. The molecule has 0 fully saturated rings. The third kappa shape index (κ3) is 2.60. The van der Waals surface area contributed by atoms with Crippen LogP contribution in [-0.2, 0) is 12.8 Å². The first-order chi connectivity index (χ1) is 8.63. The van der Waals surface area contributed by atoms with Crippen molar-refractivity contribution in [2.75, 3.05) is 0 Å².